The van der Waals surface area contributed by atoms with Gasteiger partial charge in [-0.1, -0.05) is 12.1 Å². The van der Waals surface area contributed by atoms with Gasteiger partial charge in [0.05, 0.1) is 5.69 Å². The number of anilines is 1. The van der Waals surface area contributed by atoms with Crippen molar-refractivity contribution < 1.29 is 22.7 Å². The van der Waals surface area contributed by atoms with Crippen LogP contribution in [0.1, 0.15) is 0 Å². The summed E-state index contributed by atoms with van der Waals surface area (Å²) < 4.78 is 44.1. The standard InChI is InChI=1S/C14H10F3NO2/c15-9-5-6-13(11(17)7-9)20-8-14(19)18-12-4-2-1-3-10(12)16/h1-7H,8H2,(H,18,19). The number of hydrogen-bond donors (Lipinski definition) is 1. The van der Waals surface area contributed by atoms with E-state index in [9.17, 15) is 18.0 Å². The fraction of sp³-hybridized carbons (Fsp3) is 0.0714. The molecule has 0 spiro atoms. The van der Waals surface area contributed by atoms with Crippen molar-refractivity contribution in [3.63, 3.8) is 0 Å². The van der Waals surface area contributed by atoms with Gasteiger partial charge in [-0.2, -0.15) is 0 Å². The second kappa shape index (κ2) is 6.10. The number of carbonyl (C=O) groups is 1. The predicted octanol–water partition coefficient (Wildman–Crippen LogP) is 3.12. The lowest BCUT2D eigenvalue weighted by atomic mass is 10.3. The van der Waals surface area contributed by atoms with E-state index in [1.165, 1.54) is 18.2 Å². The van der Waals surface area contributed by atoms with Crippen molar-refractivity contribution in [2.45, 2.75) is 0 Å². The molecule has 0 aliphatic carbocycles. The van der Waals surface area contributed by atoms with Gasteiger partial charge in [0.2, 0.25) is 0 Å². The third kappa shape index (κ3) is 3.50. The minimum Gasteiger partial charge on any atom is -0.481 e. The molecule has 1 amide bonds. The van der Waals surface area contributed by atoms with E-state index in [1.807, 2.05) is 0 Å². The molecule has 0 radical (unpaired) electrons. The van der Waals surface area contributed by atoms with Crippen LogP contribution in [0, 0.1) is 17.5 Å². The molecule has 0 fully saturated rings. The number of halogens is 3. The van der Waals surface area contributed by atoms with Crippen LogP contribution in [0.4, 0.5) is 18.9 Å². The highest BCUT2D eigenvalue weighted by atomic mass is 19.1. The molecule has 0 aliphatic rings. The molecular formula is C14H10F3NO2. The number of ether oxygens (including phenoxy) is 1. The van der Waals surface area contributed by atoms with Gasteiger partial charge in [0, 0.05) is 6.07 Å². The number of nitrogens with one attached hydrogen (secondary N) is 1. The van der Waals surface area contributed by atoms with Gasteiger partial charge in [0.1, 0.15) is 11.6 Å². The molecule has 0 saturated heterocycles. The van der Waals surface area contributed by atoms with Crippen LogP contribution in [0.5, 0.6) is 5.75 Å². The summed E-state index contributed by atoms with van der Waals surface area (Å²) in [5.74, 6) is -3.16. The molecule has 1 N–H and O–H groups in total. The molecule has 0 aliphatic heterocycles. The highest BCUT2D eigenvalue weighted by Crippen LogP contribution is 2.18. The molecule has 2 aromatic rings. The minimum absolute atomic E-state index is 0.000628. The van der Waals surface area contributed by atoms with Crippen LogP contribution in [0.25, 0.3) is 0 Å². The van der Waals surface area contributed by atoms with E-state index in [4.69, 9.17) is 4.74 Å². The van der Waals surface area contributed by atoms with Crippen molar-refractivity contribution in [3.8, 4) is 5.75 Å². The zero-order valence-corrected chi connectivity index (χ0v) is 10.2. The Kier molecular flexibility index (Phi) is 4.24. The molecule has 20 heavy (non-hydrogen) atoms. The average molecular weight is 281 g/mol. The second-order valence-electron chi connectivity index (χ2n) is 3.89. The van der Waals surface area contributed by atoms with Crippen LogP contribution in [-0.4, -0.2) is 12.5 Å². The predicted molar refractivity (Wildman–Crippen MR) is 66.9 cm³/mol. The topological polar surface area (TPSA) is 38.3 Å². The third-order valence-electron chi connectivity index (χ3n) is 2.40. The Bertz CT molecular complexity index is 632. The van der Waals surface area contributed by atoms with Crippen LogP contribution in [0.15, 0.2) is 42.5 Å². The van der Waals surface area contributed by atoms with Crippen molar-refractivity contribution in [1.29, 1.82) is 0 Å². The average Bonchev–Trinajstić information content (AvgIpc) is 2.40. The van der Waals surface area contributed by atoms with Gasteiger partial charge in [-0.3, -0.25) is 4.79 Å². The monoisotopic (exact) mass is 281 g/mol. The number of para-hydroxylation sites is 1. The van der Waals surface area contributed by atoms with E-state index in [-0.39, 0.29) is 11.4 Å². The molecule has 2 rings (SSSR count). The van der Waals surface area contributed by atoms with E-state index in [1.54, 1.807) is 6.07 Å². The van der Waals surface area contributed by atoms with Crippen molar-refractivity contribution >= 4 is 11.6 Å². The zero-order chi connectivity index (χ0) is 14.5. The van der Waals surface area contributed by atoms with Crippen molar-refractivity contribution in [1.82, 2.24) is 0 Å². The van der Waals surface area contributed by atoms with E-state index in [0.717, 1.165) is 12.1 Å². The summed E-state index contributed by atoms with van der Waals surface area (Å²) in [6.07, 6.45) is 0. The minimum atomic E-state index is -0.913. The summed E-state index contributed by atoms with van der Waals surface area (Å²) in [4.78, 5) is 11.5. The molecule has 104 valence electrons. The molecule has 6 heteroatoms. The molecular weight excluding hydrogens is 271 g/mol. The quantitative estimate of drug-likeness (QED) is 0.935. The fourth-order valence-corrected chi connectivity index (χ4v) is 1.48. The lowest BCUT2D eigenvalue weighted by Crippen LogP contribution is -2.21. The summed E-state index contributed by atoms with van der Waals surface area (Å²) >= 11 is 0. The van der Waals surface area contributed by atoms with Gasteiger partial charge < -0.3 is 10.1 Å². The van der Waals surface area contributed by atoms with E-state index in [0.29, 0.717) is 6.07 Å². The zero-order valence-electron chi connectivity index (χ0n) is 10.2. The van der Waals surface area contributed by atoms with E-state index in [2.05, 4.69) is 5.32 Å². The Morgan fingerprint density at radius 1 is 1.05 bits per heavy atom. The first-order valence-electron chi connectivity index (χ1n) is 5.68. The van der Waals surface area contributed by atoms with E-state index >= 15 is 0 Å². The van der Waals surface area contributed by atoms with Gasteiger partial charge in [-0.05, 0) is 24.3 Å². The van der Waals surface area contributed by atoms with Crippen LogP contribution >= 0.6 is 0 Å². The van der Waals surface area contributed by atoms with Crippen LogP contribution in [0.3, 0.4) is 0 Å². The first-order valence-corrected chi connectivity index (χ1v) is 5.68. The largest absolute Gasteiger partial charge is 0.481 e. The first-order chi connectivity index (χ1) is 9.56. The number of carbonyl (C=O) groups excluding carboxylic acids is 1. The van der Waals surface area contributed by atoms with Crippen molar-refractivity contribution in [2.24, 2.45) is 0 Å². The molecule has 0 saturated carbocycles. The first kappa shape index (κ1) is 13.9. The summed E-state index contributed by atoms with van der Waals surface area (Å²) in [5, 5.41) is 2.28. The summed E-state index contributed by atoms with van der Waals surface area (Å²) in [5.41, 5.74) is 0.000628. The normalized spacial score (nSPS) is 10.2. The summed E-state index contributed by atoms with van der Waals surface area (Å²) in [7, 11) is 0. The highest BCUT2D eigenvalue weighted by molar-refractivity contribution is 5.91. The fourth-order valence-electron chi connectivity index (χ4n) is 1.48. The van der Waals surface area contributed by atoms with Gasteiger partial charge in [-0.15, -0.1) is 0 Å². The van der Waals surface area contributed by atoms with Crippen molar-refractivity contribution in [2.75, 3.05) is 11.9 Å². The molecule has 0 bridgehead atoms. The van der Waals surface area contributed by atoms with Crippen LogP contribution in [-0.2, 0) is 4.79 Å². The number of benzene rings is 2. The third-order valence-corrected chi connectivity index (χ3v) is 2.40. The molecule has 0 heterocycles. The SMILES string of the molecule is O=C(COc1ccc(F)cc1F)Nc1ccccc1F. The van der Waals surface area contributed by atoms with Gasteiger partial charge in [-0.25, -0.2) is 13.2 Å². The lowest BCUT2D eigenvalue weighted by Gasteiger charge is -2.08. The van der Waals surface area contributed by atoms with Crippen LogP contribution < -0.4 is 10.1 Å². The molecule has 0 unspecified atom stereocenters. The Morgan fingerprint density at radius 2 is 1.80 bits per heavy atom. The maximum Gasteiger partial charge on any atom is 0.262 e. The molecule has 0 atom stereocenters. The lowest BCUT2D eigenvalue weighted by molar-refractivity contribution is -0.118. The van der Waals surface area contributed by atoms with Crippen LogP contribution in [0.2, 0.25) is 0 Å². The van der Waals surface area contributed by atoms with E-state index < -0.39 is 30.0 Å². The van der Waals surface area contributed by atoms with Gasteiger partial charge >= 0.3 is 0 Å². The number of rotatable bonds is 4. The Balaban J connectivity index is 1.94. The van der Waals surface area contributed by atoms with Crippen molar-refractivity contribution in [3.05, 3.63) is 59.9 Å². The maximum atomic E-state index is 13.3. The number of amides is 1. The molecule has 2 aromatic carbocycles. The summed E-state index contributed by atoms with van der Waals surface area (Å²) in [6.45, 7) is -0.517. The highest BCUT2D eigenvalue weighted by Gasteiger charge is 2.09. The molecule has 3 nitrogen and oxygen atoms in total. The van der Waals surface area contributed by atoms with Gasteiger partial charge in [0.15, 0.2) is 18.2 Å². The molecule has 0 aromatic heterocycles. The Labute approximate surface area is 113 Å². The second-order valence-corrected chi connectivity index (χ2v) is 3.89. The smallest absolute Gasteiger partial charge is 0.262 e. The number of hydrogen-bond acceptors (Lipinski definition) is 2. The summed E-state index contributed by atoms with van der Waals surface area (Å²) in [6, 6.07) is 8.33. The maximum absolute atomic E-state index is 13.3. The van der Waals surface area contributed by atoms with Gasteiger partial charge in [0.25, 0.3) is 5.91 Å². The Hall–Kier alpha value is -2.50. The Morgan fingerprint density at radius 3 is 2.50 bits per heavy atom.